The van der Waals surface area contributed by atoms with E-state index in [2.05, 4.69) is 33.7 Å². The average Bonchev–Trinajstić information content (AvgIpc) is 2.52. The molecule has 2 N–H and O–H groups in total. The molecular formula is C17H27N3O. The maximum Gasteiger partial charge on any atom is 0.220 e. The van der Waals surface area contributed by atoms with Gasteiger partial charge in [0.15, 0.2) is 0 Å². The van der Waals surface area contributed by atoms with Crippen molar-refractivity contribution in [1.82, 2.24) is 10.6 Å². The first-order valence-electron chi connectivity index (χ1n) is 7.89. The minimum absolute atomic E-state index is 0.170. The van der Waals surface area contributed by atoms with E-state index in [-0.39, 0.29) is 5.91 Å². The zero-order valence-electron chi connectivity index (χ0n) is 13.2. The fraction of sp³-hybridized carbons (Fsp3) is 0.588. The molecule has 0 aliphatic carbocycles. The quantitative estimate of drug-likeness (QED) is 0.843. The van der Waals surface area contributed by atoms with Crippen molar-refractivity contribution in [2.75, 3.05) is 32.1 Å². The van der Waals surface area contributed by atoms with Gasteiger partial charge in [0, 0.05) is 32.7 Å². The van der Waals surface area contributed by atoms with Gasteiger partial charge in [0.05, 0.1) is 0 Å². The lowest BCUT2D eigenvalue weighted by molar-refractivity contribution is -0.121. The number of amides is 1. The molecule has 0 aromatic heterocycles. The molecular weight excluding hydrogens is 262 g/mol. The first-order chi connectivity index (χ1) is 10.1. The van der Waals surface area contributed by atoms with Gasteiger partial charge in [-0.05, 0) is 56.0 Å². The van der Waals surface area contributed by atoms with Crippen LogP contribution in [-0.2, 0) is 11.3 Å². The van der Waals surface area contributed by atoms with Crippen molar-refractivity contribution < 1.29 is 4.79 Å². The predicted octanol–water partition coefficient (Wildman–Crippen LogP) is 2.15. The Labute approximate surface area is 127 Å². The standard InChI is InChI=1S/C17H27N3O/c1-20(2)16-5-3-4-15(12-16)13-19-17(21)7-6-14-8-10-18-11-9-14/h3-5,12,14,18H,6-11,13H2,1-2H3,(H,19,21). The predicted molar refractivity (Wildman–Crippen MR) is 87.4 cm³/mol. The van der Waals surface area contributed by atoms with Crippen LogP contribution in [0.4, 0.5) is 5.69 Å². The van der Waals surface area contributed by atoms with Crippen LogP contribution in [-0.4, -0.2) is 33.1 Å². The van der Waals surface area contributed by atoms with E-state index in [1.807, 2.05) is 20.2 Å². The Bertz CT molecular complexity index is 453. The lowest BCUT2D eigenvalue weighted by atomic mass is 9.93. The summed E-state index contributed by atoms with van der Waals surface area (Å²) in [5.74, 6) is 0.887. The number of hydrogen-bond acceptors (Lipinski definition) is 3. The number of rotatable bonds is 6. The second-order valence-corrected chi connectivity index (χ2v) is 6.07. The van der Waals surface area contributed by atoms with Crippen LogP contribution in [0.15, 0.2) is 24.3 Å². The maximum atomic E-state index is 11.9. The Hall–Kier alpha value is -1.55. The number of carbonyl (C=O) groups is 1. The fourth-order valence-corrected chi connectivity index (χ4v) is 2.74. The minimum atomic E-state index is 0.170. The van der Waals surface area contributed by atoms with E-state index in [1.165, 1.54) is 12.8 Å². The summed E-state index contributed by atoms with van der Waals surface area (Å²) in [6.07, 6.45) is 4.08. The summed E-state index contributed by atoms with van der Waals surface area (Å²) < 4.78 is 0. The monoisotopic (exact) mass is 289 g/mol. The first kappa shape index (κ1) is 15.8. The normalized spacial score (nSPS) is 15.7. The number of hydrogen-bond donors (Lipinski definition) is 2. The van der Waals surface area contributed by atoms with Gasteiger partial charge in [-0.25, -0.2) is 0 Å². The van der Waals surface area contributed by atoms with Crippen LogP contribution in [0.1, 0.15) is 31.2 Å². The van der Waals surface area contributed by atoms with Crippen molar-refractivity contribution in [3.8, 4) is 0 Å². The van der Waals surface area contributed by atoms with Gasteiger partial charge in [-0.3, -0.25) is 4.79 Å². The Morgan fingerprint density at radius 3 is 2.81 bits per heavy atom. The molecule has 1 aliphatic heterocycles. The van der Waals surface area contributed by atoms with E-state index >= 15 is 0 Å². The number of piperidine rings is 1. The van der Waals surface area contributed by atoms with E-state index in [0.29, 0.717) is 18.9 Å². The van der Waals surface area contributed by atoms with E-state index in [9.17, 15) is 4.79 Å². The molecule has 116 valence electrons. The largest absolute Gasteiger partial charge is 0.378 e. The highest BCUT2D eigenvalue weighted by Crippen LogP contribution is 2.17. The van der Waals surface area contributed by atoms with Gasteiger partial charge < -0.3 is 15.5 Å². The van der Waals surface area contributed by atoms with Crippen molar-refractivity contribution in [2.45, 2.75) is 32.2 Å². The summed E-state index contributed by atoms with van der Waals surface area (Å²) >= 11 is 0. The van der Waals surface area contributed by atoms with Crippen LogP contribution >= 0.6 is 0 Å². The molecule has 0 bridgehead atoms. The Balaban J connectivity index is 1.72. The molecule has 0 saturated carbocycles. The van der Waals surface area contributed by atoms with Crippen LogP contribution in [0.2, 0.25) is 0 Å². The van der Waals surface area contributed by atoms with Gasteiger partial charge >= 0.3 is 0 Å². The van der Waals surface area contributed by atoms with Crippen molar-refractivity contribution in [3.05, 3.63) is 29.8 Å². The first-order valence-corrected chi connectivity index (χ1v) is 7.89. The average molecular weight is 289 g/mol. The van der Waals surface area contributed by atoms with E-state index < -0.39 is 0 Å². The minimum Gasteiger partial charge on any atom is -0.378 e. The fourth-order valence-electron chi connectivity index (χ4n) is 2.74. The number of carbonyl (C=O) groups excluding carboxylic acids is 1. The number of anilines is 1. The third-order valence-corrected chi connectivity index (χ3v) is 4.16. The molecule has 0 radical (unpaired) electrons. The zero-order chi connectivity index (χ0) is 15.1. The van der Waals surface area contributed by atoms with Crippen molar-refractivity contribution in [2.24, 2.45) is 5.92 Å². The second kappa shape index (κ2) is 8.03. The molecule has 1 aromatic carbocycles. The lowest BCUT2D eigenvalue weighted by Crippen LogP contribution is -2.29. The molecule has 4 nitrogen and oxygen atoms in total. The molecule has 1 amide bonds. The van der Waals surface area contributed by atoms with Crippen LogP contribution < -0.4 is 15.5 Å². The molecule has 0 unspecified atom stereocenters. The van der Waals surface area contributed by atoms with Crippen molar-refractivity contribution in [3.63, 3.8) is 0 Å². The second-order valence-electron chi connectivity index (χ2n) is 6.07. The molecule has 1 aromatic rings. The van der Waals surface area contributed by atoms with Crippen LogP contribution in [0.25, 0.3) is 0 Å². The lowest BCUT2D eigenvalue weighted by Gasteiger charge is -2.22. The summed E-state index contributed by atoms with van der Waals surface area (Å²) in [5.41, 5.74) is 2.31. The number of nitrogens with zero attached hydrogens (tertiary/aromatic N) is 1. The van der Waals surface area contributed by atoms with Crippen molar-refractivity contribution in [1.29, 1.82) is 0 Å². The van der Waals surface area contributed by atoms with Gasteiger partial charge in [0.1, 0.15) is 0 Å². The van der Waals surface area contributed by atoms with Gasteiger partial charge in [0.2, 0.25) is 5.91 Å². The maximum absolute atomic E-state index is 11.9. The third kappa shape index (κ3) is 5.38. The molecule has 1 saturated heterocycles. The topological polar surface area (TPSA) is 44.4 Å². The smallest absolute Gasteiger partial charge is 0.220 e. The SMILES string of the molecule is CN(C)c1cccc(CNC(=O)CCC2CCNCC2)c1. The molecule has 0 spiro atoms. The highest BCUT2D eigenvalue weighted by molar-refractivity contribution is 5.75. The molecule has 1 fully saturated rings. The molecule has 1 heterocycles. The van der Waals surface area contributed by atoms with Crippen LogP contribution in [0.3, 0.4) is 0 Å². The van der Waals surface area contributed by atoms with Gasteiger partial charge in [-0.15, -0.1) is 0 Å². The molecule has 0 atom stereocenters. The molecule has 1 aliphatic rings. The van der Waals surface area contributed by atoms with E-state index in [0.717, 1.165) is 30.8 Å². The number of nitrogens with one attached hydrogen (secondary N) is 2. The van der Waals surface area contributed by atoms with E-state index in [4.69, 9.17) is 0 Å². The van der Waals surface area contributed by atoms with Gasteiger partial charge in [-0.1, -0.05) is 12.1 Å². The molecule has 2 rings (SSSR count). The van der Waals surface area contributed by atoms with E-state index in [1.54, 1.807) is 0 Å². The van der Waals surface area contributed by atoms with Gasteiger partial charge in [0.25, 0.3) is 0 Å². The zero-order valence-corrected chi connectivity index (χ0v) is 13.2. The highest BCUT2D eigenvalue weighted by Gasteiger charge is 2.14. The Morgan fingerprint density at radius 2 is 2.10 bits per heavy atom. The third-order valence-electron chi connectivity index (χ3n) is 4.16. The molecule has 21 heavy (non-hydrogen) atoms. The highest BCUT2D eigenvalue weighted by atomic mass is 16.1. The Kier molecular flexibility index (Phi) is 6.05. The van der Waals surface area contributed by atoms with Crippen LogP contribution in [0, 0.1) is 5.92 Å². The summed E-state index contributed by atoms with van der Waals surface area (Å²) in [6, 6.07) is 8.28. The summed E-state index contributed by atoms with van der Waals surface area (Å²) in [6.45, 7) is 2.82. The van der Waals surface area contributed by atoms with Crippen LogP contribution in [0.5, 0.6) is 0 Å². The Morgan fingerprint density at radius 1 is 1.33 bits per heavy atom. The van der Waals surface area contributed by atoms with Crippen molar-refractivity contribution >= 4 is 11.6 Å². The summed E-state index contributed by atoms with van der Waals surface area (Å²) in [7, 11) is 4.05. The van der Waals surface area contributed by atoms with Gasteiger partial charge in [-0.2, -0.15) is 0 Å². The summed E-state index contributed by atoms with van der Waals surface area (Å²) in [4.78, 5) is 14.0. The summed E-state index contributed by atoms with van der Waals surface area (Å²) in [5, 5.41) is 6.39. The number of benzene rings is 1. The molecule has 4 heteroatoms.